The predicted molar refractivity (Wildman–Crippen MR) is 96.2 cm³/mol. The highest BCUT2D eigenvalue weighted by Crippen LogP contribution is 2.23. The first-order valence-corrected chi connectivity index (χ1v) is 8.78. The van der Waals surface area contributed by atoms with Gasteiger partial charge < -0.3 is 15.1 Å². The maximum Gasteiger partial charge on any atom is 0.318 e. The van der Waals surface area contributed by atoms with E-state index in [0.29, 0.717) is 25.3 Å². The van der Waals surface area contributed by atoms with E-state index in [2.05, 4.69) is 11.4 Å². The van der Waals surface area contributed by atoms with E-state index in [1.807, 2.05) is 18.2 Å². The third kappa shape index (κ3) is 3.27. The highest BCUT2D eigenvalue weighted by molar-refractivity contribution is 5.96. The van der Waals surface area contributed by atoms with E-state index in [-0.39, 0.29) is 30.2 Å². The molecule has 2 aromatic rings. The molecule has 0 spiro atoms. The second-order valence-electron chi connectivity index (χ2n) is 6.77. The fraction of sp³-hybridized carbons (Fsp3) is 0.300. The van der Waals surface area contributed by atoms with E-state index in [4.69, 9.17) is 0 Å². The Bertz CT molecular complexity index is 837. The summed E-state index contributed by atoms with van der Waals surface area (Å²) >= 11 is 0. The SMILES string of the molecule is O=C(NC1CC(=O)N(c2ccc(F)cc2)C1)N1CCc2ccccc2C1. The first kappa shape index (κ1) is 16.6. The maximum atomic E-state index is 13.1. The van der Waals surface area contributed by atoms with Crippen molar-refractivity contribution in [2.24, 2.45) is 0 Å². The minimum absolute atomic E-state index is 0.0640. The van der Waals surface area contributed by atoms with Crippen LogP contribution in [0.25, 0.3) is 0 Å². The molecule has 0 radical (unpaired) electrons. The summed E-state index contributed by atoms with van der Waals surface area (Å²) in [7, 11) is 0. The number of nitrogens with one attached hydrogen (secondary N) is 1. The van der Waals surface area contributed by atoms with Gasteiger partial charge in [0.15, 0.2) is 0 Å². The summed E-state index contributed by atoms with van der Waals surface area (Å²) in [4.78, 5) is 28.2. The smallest absolute Gasteiger partial charge is 0.318 e. The molecule has 2 heterocycles. The number of urea groups is 1. The number of fused-ring (bicyclic) bond motifs is 1. The topological polar surface area (TPSA) is 52.7 Å². The van der Waals surface area contributed by atoms with Gasteiger partial charge >= 0.3 is 6.03 Å². The Hall–Kier alpha value is -2.89. The van der Waals surface area contributed by atoms with Crippen molar-refractivity contribution in [2.45, 2.75) is 25.4 Å². The van der Waals surface area contributed by atoms with Crippen LogP contribution in [0.15, 0.2) is 48.5 Å². The van der Waals surface area contributed by atoms with E-state index in [1.54, 1.807) is 21.9 Å². The fourth-order valence-corrected chi connectivity index (χ4v) is 3.61. The molecule has 0 aliphatic carbocycles. The molecule has 5 nitrogen and oxygen atoms in total. The molecule has 134 valence electrons. The predicted octanol–water partition coefficient (Wildman–Crippen LogP) is 2.70. The molecule has 1 N–H and O–H groups in total. The summed E-state index contributed by atoms with van der Waals surface area (Å²) in [5, 5.41) is 2.97. The summed E-state index contributed by atoms with van der Waals surface area (Å²) in [5.74, 6) is -0.401. The molecule has 2 aromatic carbocycles. The largest absolute Gasteiger partial charge is 0.333 e. The zero-order chi connectivity index (χ0) is 18.1. The number of anilines is 1. The Kier molecular flexibility index (Phi) is 4.32. The van der Waals surface area contributed by atoms with Gasteiger partial charge in [0, 0.05) is 31.7 Å². The molecule has 0 saturated carbocycles. The number of carbonyl (C=O) groups is 2. The average Bonchev–Trinajstić information content (AvgIpc) is 3.02. The minimum Gasteiger partial charge on any atom is -0.333 e. The van der Waals surface area contributed by atoms with Crippen LogP contribution in [0.3, 0.4) is 0 Å². The lowest BCUT2D eigenvalue weighted by atomic mass is 10.0. The van der Waals surface area contributed by atoms with Gasteiger partial charge in [-0.15, -0.1) is 0 Å². The van der Waals surface area contributed by atoms with Gasteiger partial charge in [0.1, 0.15) is 5.82 Å². The summed E-state index contributed by atoms with van der Waals surface area (Å²) in [6, 6.07) is 13.6. The molecule has 6 heteroatoms. The van der Waals surface area contributed by atoms with Gasteiger partial charge in [-0.05, 0) is 41.8 Å². The van der Waals surface area contributed by atoms with Crippen molar-refractivity contribution in [1.82, 2.24) is 10.2 Å². The normalized spacial score (nSPS) is 19.4. The van der Waals surface area contributed by atoms with Crippen LogP contribution in [0.1, 0.15) is 17.5 Å². The summed E-state index contributed by atoms with van der Waals surface area (Å²) in [6.45, 7) is 1.66. The van der Waals surface area contributed by atoms with Crippen molar-refractivity contribution in [3.05, 3.63) is 65.5 Å². The zero-order valence-corrected chi connectivity index (χ0v) is 14.3. The maximum absolute atomic E-state index is 13.1. The Morgan fingerprint density at radius 3 is 2.58 bits per heavy atom. The van der Waals surface area contributed by atoms with Gasteiger partial charge in [0.05, 0.1) is 6.04 Å². The molecule has 0 bridgehead atoms. The lowest BCUT2D eigenvalue weighted by Crippen LogP contribution is -2.47. The van der Waals surface area contributed by atoms with Crippen LogP contribution in [0.2, 0.25) is 0 Å². The lowest BCUT2D eigenvalue weighted by molar-refractivity contribution is -0.117. The monoisotopic (exact) mass is 353 g/mol. The molecule has 1 atom stereocenters. The Morgan fingerprint density at radius 2 is 1.81 bits per heavy atom. The number of nitrogens with zero attached hydrogens (tertiary/aromatic N) is 2. The summed E-state index contributed by atoms with van der Waals surface area (Å²) in [5.41, 5.74) is 3.11. The number of hydrogen-bond acceptors (Lipinski definition) is 2. The van der Waals surface area contributed by atoms with Crippen LogP contribution in [-0.4, -0.2) is 36.0 Å². The molecule has 26 heavy (non-hydrogen) atoms. The van der Waals surface area contributed by atoms with Gasteiger partial charge in [-0.2, -0.15) is 0 Å². The van der Waals surface area contributed by atoms with E-state index >= 15 is 0 Å². The van der Waals surface area contributed by atoms with Crippen LogP contribution < -0.4 is 10.2 Å². The van der Waals surface area contributed by atoms with E-state index in [1.165, 1.54) is 23.3 Å². The number of halogens is 1. The third-order valence-corrected chi connectivity index (χ3v) is 5.01. The molecule has 2 aliphatic heterocycles. The zero-order valence-electron chi connectivity index (χ0n) is 14.3. The van der Waals surface area contributed by atoms with Gasteiger partial charge in [0.25, 0.3) is 0 Å². The minimum atomic E-state index is -0.337. The van der Waals surface area contributed by atoms with Crippen LogP contribution in [0.4, 0.5) is 14.9 Å². The van der Waals surface area contributed by atoms with Crippen LogP contribution >= 0.6 is 0 Å². The number of rotatable bonds is 2. The van der Waals surface area contributed by atoms with Crippen molar-refractivity contribution in [3.8, 4) is 0 Å². The molecule has 1 unspecified atom stereocenters. The second kappa shape index (κ2) is 6.78. The Balaban J connectivity index is 1.38. The molecule has 1 fully saturated rings. The molecular weight excluding hydrogens is 333 g/mol. The van der Waals surface area contributed by atoms with Crippen molar-refractivity contribution < 1.29 is 14.0 Å². The standard InChI is InChI=1S/C20H20FN3O2/c21-16-5-7-18(8-6-16)24-13-17(11-19(24)25)22-20(26)23-10-9-14-3-1-2-4-15(14)12-23/h1-8,17H,9-13H2,(H,22,26). The van der Waals surface area contributed by atoms with E-state index in [0.717, 1.165) is 6.42 Å². The van der Waals surface area contributed by atoms with Gasteiger partial charge in [-0.1, -0.05) is 24.3 Å². The van der Waals surface area contributed by atoms with Gasteiger partial charge in [-0.25, -0.2) is 9.18 Å². The number of carbonyl (C=O) groups excluding carboxylic acids is 2. The van der Waals surface area contributed by atoms with E-state index in [9.17, 15) is 14.0 Å². The summed E-state index contributed by atoms with van der Waals surface area (Å²) in [6.07, 6.45) is 1.10. The van der Waals surface area contributed by atoms with Crippen molar-refractivity contribution in [3.63, 3.8) is 0 Å². The number of hydrogen-bond donors (Lipinski definition) is 1. The van der Waals surface area contributed by atoms with Crippen LogP contribution in [0.5, 0.6) is 0 Å². The molecule has 0 aromatic heterocycles. The Morgan fingerprint density at radius 1 is 1.08 bits per heavy atom. The fourth-order valence-electron chi connectivity index (χ4n) is 3.61. The molecule has 3 amide bonds. The lowest BCUT2D eigenvalue weighted by Gasteiger charge is -2.30. The average molecular weight is 353 g/mol. The van der Waals surface area contributed by atoms with Crippen molar-refractivity contribution >= 4 is 17.6 Å². The second-order valence-corrected chi connectivity index (χ2v) is 6.77. The first-order valence-electron chi connectivity index (χ1n) is 8.78. The van der Waals surface area contributed by atoms with Crippen molar-refractivity contribution in [1.29, 1.82) is 0 Å². The van der Waals surface area contributed by atoms with Crippen LogP contribution in [-0.2, 0) is 17.8 Å². The Labute approximate surface area is 151 Å². The molecule has 2 aliphatic rings. The van der Waals surface area contributed by atoms with Crippen molar-refractivity contribution in [2.75, 3.05) is 18.0 Å². The number of amides is 3. The summed E-state index contributed by atoms with van der Waals surface area (Å²) < 4.78 is 13.1. The van der Waals surface area contributed by atoms with Gasteiger partial charge in [0.2, 0.25) is 5.91 Å². The highest BCUT2D eigenvalue weighted by atomic mass is 19.1. The van der Waals surface area contributed by atoms with E-state index < -0.39 is 0 Å². The highest BCUT2D eigenvalue weighted by Gasteiger charge is 2.33. The molecule has 4 rings (SSSR count). The number of benzene rings is 2. The van der Waals surface area contributed by atoms with Gasteiger partial charge in [-0.3, -0.25) is 4.79 Å². The van der Waals surface area contributed by atoms with Crippen LogP contribution in [0, 0.1) is 5.82 Å². The first-order chi connectivity index (χ1) is 12.6. The molecular formula is C20H20FN3O2. The third-order valence-electron chi connectivity index (χ3n) is 5.01. The molecule has 1 saturated heterocycles. The quantitative estimate of drug-likeness (QED) is 0.903.